The Morgan fingerprint density at radius 3 is 2.25 bits per heavy atom. The maximum absolute atomic E-state index is 14.3. The molecular formula is C50H75NO13. The Bertz CT molecular complexity index is 1790. The van der Waals surface area contributed by atoms with Crippen LogP contribution in [0.25, 0.3) is 0 Å². The van der Waals surface area contributed by atoms with Crippen molar-refractivity contribution in [2.24, 2.45) is 41.4 Å². The molecule has 14 heteroatoms. The molecule has 4 fully saturated rings. The van der Waals surface area contributed by atoms with Crippen LogP contribution >= 0.6 is 0 Å². The summed E-state index contributed by atoms with van der Waals surface area (Å²) in [5.41, 5.74) is 1.28. The lowest BCUT2D eigenvalue weighted by Crippen LogP contribution is -2.61. The van der Waals surface area contributed by atoms with Crippen LogP contribution < -0.4 is 0 Å². The smallest absolute Gasteiger partial charge is 0.329 e. The van der Waals surface area contributed by atoms with Gasteiger partial charge in [0.05, 0.1) is 24.4 Å². The molecule has 0 spiro atoms. The van der Waals surface area contributed by atoms with Crippen LogP contribution in [0, 0.1) is 41.4 Å². The van der Waals surface area contributed by atoms with Crippen LogP contribution in [0.5, 0.6) is 0 Å². The van der Waals surface area contributed by atoms with Gasteiger partial charge in [-0.1, -0.05) is 64.2 Å². The maximum Gasteiger partial charge on any atom is 0.329 e. The molecule has 3 N–H and O–H groups in total. The summed E-state index contributed by atoms with van der Waals surface area (Å²) in [6.07, 6.45) is 10.7. The number of hydrogen-bond acceptors (Lipinski definition) is 13. The van der Waals surface area contributed by atoms with Gasteiger partial charge in [0.2, 0.25) is 5.79 Å². The molecule has 14 nitrogen and oxygen atoms in total. The Hall–Kier alpha value is -3.37. The van der Waals surface area contributed by atoms with Gasteiger partial charge in [-0.15, -0.1) is 0 Å². The topological polar surface area (TPSA) is 195 Å². The number of Topliss-reactive ketones (excluding diaryl/α,β-unsaturated/α-hetero) is 3. The van der Waals surface area contributed by atoms with Crippen molar-refractivity contribution in [3.8, 4) is 0 Å². The summed E-state index contributed by atoms with van der Waals surface area (Å²) < 4.78 is 29.4. The highest BCUT2D eigenvalue weighted by Gasteiger charge is 2.55. The Balaban J connectivity index is 1.49. The van der Waals surface area contributed by atoms with Crippen molar-refractivity contribution < 1.29 is 63.0 Å². The average molecular weight is 898 g/mol. The molecule has 0 aromatic heterocycles. The monoisotopic (exact) mass is 898 g/mol. The fraction of sp³-hybridized carbons (Fsp3) is 0.740. The largest absolute Gasteiger partial charge is 0.460 e. The molecule has 5 aliphatic rings. The van der Waals surface area contributed by atoms with Gasteiger partial charge in [-0.25, -0.2) is 4.79 Å². The normalized spacial score (nSPS) is 43.2. The summed E-state index contributed by atoms with van der Waals surface area (Å²) in [6.45, 7) is 10.8. The zero-order valence-electron chi connectivity index (χ0n) is 39.5. The fourth-order valence-electron chi connectivity index (χ4n) is 10.8. The van der Waals surface area contributed by atoms with E-state index in [4.69, 9.17) is 23.7 Å². The molecule has 4 aliphatic heterocycles. The number of amides is 1. The zero-order valence-corrected chi connectivity index (χ0v) is 39.5. The number of carbonyl (C=O) groups is 5. The Labute approximate surface area is 379 Å². The van der Waals surface area contributed by atoms with Crippen LogP contribution in [0.15, 0.2) is 47.6 Å². The van der Waals surface area contributed by atoms with E-state index in [9.17, 15) is 39.3 Å². The lowest BCUT2D eigenvalue weighted by atomic mass is 9.71. The van der Waals surface area contributed by atoms with Gasteiger partial charge in [0.25, 0.3) is 11.7 Å². The van der Waals surface area contributed by atoms with E-state index in [-0.39, 0.29) is 60.7 Å². The average Bonchev–Trinajstić information content (AvgIpc) is 3.36. The fourth-order valence-corrected chi connectivity index (χ4v) is 10.8. The Kier molecular flexibility index (Phi) is 18.5. The summed E-state index contributed by atoms with van der Waals surface area (Å²) in [4.78, 5) is 71.8. The van der Waals surface area contributed by atoms with E-state index in [1.165, 1.54) is 12.0 Å². The minimum absolute atomic E-state index is 0.0230. The predicted molar refractivity (Wildman–Crippen MR) is 238 cm³/mol. The van der Waals surface area contributed by atoms with Crippen LogP contribution in [0.4, 0.5) is 0 Å². The number of aliphatic hydroxyl groups excluding tert-OH is 2. The molecule has 4 heterocycles. The third-order valence-corrected chi connectivity index (χ3v) is 15.0. The van der Waals surface area contributed by atoms with Crippen molar-refractivity contribution in [1.82, 2.24) is 4.90 Å². The zero-order chi connectivity index (χ0) is 47.0. The molecule has 358 valence electrons. The third kappa shape index (κ3) is 12.1. The van der Waals surface area contributed by atoms with Gasteiger partial charge in [-0.3, -0.25) is 19.2 Å². The number of ketones is 3. The number of aliphatic hydroxyl groups is 3. The lowest BCUT2D eigenvalue weighted by Gasteiger charge is -2.43. The van der Waals surface area contributed by atoms with Crippen LogP contribution in [-0.2, 0) is 47.7 Å². The van der Waals surface area contributed by atoms with Gasteiger partial charge in [0.15, 0.2) is 5.78 Å². The standard InChI is InChI=1S/C50H75NO13/c1-28-13-11-10-12-14-29(2)41(60-7)26-36-17-15-33(6)50(59,64-36)47(56)48(57)51-20-19-35-25-38(51)49(58)63-42(37(35)23-34-16-18-39(52)43(24-34)61-8)27-40(53)30(3)22-32(5)45(55)46(62-9)44(54)31(4)21-28/h10-14,22,28,30-31,33-39,41-43,45-46,52,55,59H,15-21,23-27H2,1-9H3/b12-10+,13-11+,29-14+,32-22+/t28-,30-,31-,33-,34+,35+,36+,37?,38+,39-,41+,42+,43-,45+,46+,50-/m1/s1. The van der Waals surface area contributed by atoms with Crippen molar-refractivity contribution in [3.63, 3.8) is 0 Å². The highest BCUT2D eigenvalue weighted by molar-refractivity contribution is 6.39. The summed E-state index contributed by atoms with van der Waals surface area (Å²) in [5.74, 6) is -7.96. The quantitative estimate of drug-likeness (QED) is 0.181. The van der Waals surface area contributed by atoms with Gasteiger partial charge >= 0.3 is 5.97 Å². The number of carbonyl (C=O) groups excluding carboxylic acids is 5. The molecule has 5 rings (SSSR count). The first-order valence-corrected chi connectivity index (χ1v) is 23.5. The summed E-state index contributed by atoms with van der Waals surface area (Å²) in [5, 5.41) is 34.0. The van der Waals surface area contributed by atoms with Gasteiger partial charge in [-0.2, -0.15) is 0 Å². The summed E-state index contributed by atoms with van der Waals surface area (Å²) in [6, 6.07) is -1.12. The molecule has 0 aromatic carbocycles. The Morgan fingerprint density at radius 1 is 0.828 bits per heavy atom. The van der Waals surface area contributed by atoms with E-state index in [1.807, 2.05) is 51.2 Å². The van der Waals surface area contributed by atoms with Crippen LogP contribution in [0.2, 0.25) is 0 Å². The number of hydrogen-bond donors (Lipinski definition) is 3. The highest BCUT2D eigenvalue weighted by Crippen LogP contribution is 2.44. The Morgan fingerprint density at radius 2 is 1.56 bits per heavy atom. The molecule has 1 amide bonds. The number of esters is 1. The molecule has 5 bridgehead atoms. The molecule has 16 atom stereocenters. The highest BCUT2D eigenvalue weighted by atomic mass is 16.6. The van der Waals surface area contributed by atoms with Crippen LogP contribution in [0.1, 0.15) is 112 Å². The number of allylic oxidation sites excluding steroid dienone is 6. The first-order chi connectivity index (χ1) is 30.3. The van der Waals surface area contributed by atoms with E-state index in [2.05, 4.69) is 0 Å². The SMILES string of the molecule is CO[C@H]1C[C@@H]2CC[C@@H](C)[C@@](O)(O2)C(=O)C(=O)N2CC[C@H]3C[C@H]2C(=O)O[C@@H](CC(=O)[C@H](C)/C=C(\C)[C@H](O)[C@@H](OC)C(=O)[C@H](C)C[C@H](C)/C=C/C=C/C=C/1C)C3C[C@@H]1CC[C@@H](O)[C@H](OC)C1. The first-order valence-electron chi connectivity index (χ1n) is 23.5. The minimum atomic E-state index is -2.42. The molecular weight excluding hydrogens is 823 g/mol. The minimum Gasteiger partial charge on any atom is -0.460 e. The molecule has 3 saturated heterocycles. The molecule has 1 aliphatic carbocycles. The van der Waals surface area contributed by atoms with Crippen molar-refractivity contribution in [1.29, 1.82) is 0 Å². The number of ether oxygens (including phenoxy) is 5. The van der Waals surface area contributed by atoms with Crippen LogP contribution in [-0.4, -0.2) is 132 Å². The van der Waals surface area contributed by atoms with Gasteiger partial charge in [0.1, 0.15) is 30.1 Å². The second kappa shape index (κ2) is 22.9. The van der Waals surface area contributed by atoms with Gasteiger partial charge in [0, 0.05) is 58.5 Å². The van der Waals surface area contributed by atoms with Crippen LogP contribution in [0.3, 0.4) is 0 Å². The van der Waals surface area contributed by atoms with E-state index >= 15 is 0 Å². The molecule has 0 aromatic rings. The molecule has 0 radical (unpaired) electrons. The number of piperidine rings is 1. The maximum atomic E-state index is 14.3. The second-order valence-corrected chi connectivity index (χ2v) is 19.6. The second-order valence-electron chi connectivity index (χ2n) is 19.6. The molecule has 1 saturated carbocycles. The van der Waals surface area contributed by atoms with Crippen molar-refractivity contribution in [3.05, 3.63) is 47.6 Å². The number of methoxy groups -OCH3 is 3. The number of nitrogens with zero attached hydrogens (tertiary/aromatic N) is 1. The summed E-state index contributed by atoms with van der Waals surface area (Å²) in [7, 11) is 4.53. The number of fused-ring (bicyclic) bond motifs is 5. The molecule has 1 unspecified atom stereocenters. The van der Waals surface area contributed by atoms with E-state index < -0.39 is 83.9 Å². The summed E-state index contributed by atoms with van der Waals surface area (Å²) >= 11 is 0. The van der Waals surface area contributed by atoms with E-state index in [0.717, 1.165) is 12.0 Å². The van der Waals surface area contributed by atoms with Crippen molar-refractivity contribution >= 4 is 29.2 Å². The predicted octanol–water partition coefficient (Wildman–Crippen LogP) is 5.40. The van der Waals surface area contributed by atoms with E-state index in [1.54, 1.807) is 41.1 Å². The third-order valence-electron chi connectivity index (χ3n) is 15.0. The lowest BCUT2D eigenvalue weighted by molar-refractivity contribution is -0.265. The first kappa shape index (κ1) is 51.6. The molecule has 64 heavy (non-hydrogen) atoms. The van der Waals surface area contributed by atoms with Crippen molar-refractivity contribution in [2.75, 3.05) is 27.9 Å². The van der Waals surface area contributed by atoms with Crippen molar-refractivity contribution in [2.45, 2.75) is 167 Å². The van der Waals surface area contributed by atoms with Gasteiger partial charge in [-0.05, 0) is 106 Å². The number of rotatable bonds is 5. The van der Waals surface area contributed by atoms with Gasteiger partial charge < -0.3 is 43.9 Å². The van der Waals surface area contributed by atoms with E-state index in [0.29, 0.717) is 56.9 Å².